The third-order valence-electron chi connectivity index (χ3n) is 1.17. The van der Waals surface area contributed by atoms with E-state index in [0.29, 0.717) is 6.54 Å². The topological polar surface area (TPSA) is 81.1 Å². The lowest BCUT2D eigenvalue weighted by molar-refractivity contribution is -0.121. The van der Waals surface area contributed by atoms with Gasteiger partial charge in [-0.3, -0.25) is 4.79 Å². The predicted octanol–water partition coefficient (Wildman–Crippen LogP) is -1.20. The second kappa shape index (κ2) is 3.53. The van der Waals surface area contributed by atoms with Crippen LogP contribution in [0.15, 0.2) is 0 Å². The maximum atomic E-state index is 10.7. The third kappa shape index (κ3) is 3.42. The Morgan fingerprint density at radius 3 is 2.30 bits per heavy atom. The van der Waals surface area contributed by atoms with Crippen LogP contribution >= 0.6 is 0 Å². The van der Waals surface area contributed by atoms with E-state index in [1.807, 2.05) is 13.8 Å². The first-order chi connectivity index (χ1) is 4.52. The van der Waals surface area contributed by atoms with Crippen LogP contribution in [0, 0.1) is 0 Å². The number of hydrogen-bond donors (Lipinski definition) is 3. The SMILES string of the molecule is CC(C)(CN)NC(=O)CN. The molecule has 0 heterocycles. The molecule has 0 saturated carbocycles. The van der Waals surface area contributed by atoms with Crippen molar-refractivity contribution < 1.29 is 4.79 Å². The summed E-state index contributed by atoms with van der Waals surface area (Å²) in [7, 11) is 0. The Bertz CT molecular complexity index is 122. The molecular weight excluding hydrogens is 130 g/mol. The normalized spacial score (nSPS) is 11.2. The molecule has 0 spiro atoms. The monoisotopic (exact) mass is 145 g/mol. The van der Waals surface area contributed by atoms with Crippen molar-refractivity contribution in [2.75, 3.05) is 13.1 Å². The fraction of sp³-hybridized carbons (Fsp3) is 0.833. The Balaban J connectivity index is 3.76. The Hall–Kier alpha value is -0.610. The molecule has 4 heteroatoms. The summed E-state index contributed by atoms with van der Waals surface area (Å²) in [6.45, 7) is 4.13. The lowest BCUT2D eigenvalue weighted by Crippen LogP contribution is -2.50. The van der Waals surface area contributed by atoms with E-state index in [0.717, 1.165) is 0 Å². The summed E-state index contributed by atoms with van der Waals surface area (Å²) >= 11 is 0. The van der Waals surface area contributed by atoms with Crippen molar-refractivity contribution >= 4 is 5.91 Å². The quantitative estimate of drug-likeness (QED) is 0.466. The Kier molecular flexibility index (Phi) is 3.32. The summed E-state index contributed by atoms with van der Waals surface area (Å²) in [5.74, 6) is -0.171. The van der Waals surface area contributed by atoms with Gasteiger partial charge in [0.1, 0.15) is 0 Å². The largest absolute Gasteiger partial charge is 0.349 e. The van der Waals surface area contributed by atoms with E-state index in [1.54, 1.807) is 0 Å². The molecular formula is C6H15N3O. The first-order valence-corrected chi connectivity index (χ1v) is 3.23. The Labute approximate surface area is 61.0 Å². The molecule has 0 atom stereocenters. The summed E-state index contributed by atoms with van der Waals surface area (Å²) < 4.78 is 0. The van der Waals surface area contributed by atoms with E-state index in [2.05, 4.69) is 5.32 Å². The summed E-state index contributed by atoms with van der Waals surface area (Å²) in [4.78, 5) is 10.7. The molecule has 0 unspecified atom stereocenters. The second-order valence-electron chi connectivity index (χ2n) is 2.84. The molecule has 4 nitrogen and oxygen atoms in total. The highest BCUT2D eigenvalue weighted by molar-refractivity contribution is 5.78. The van der Waals surface area contributed by atoms with Crippen molar-refractivity contribution in [3.05, 3.63) is 0 Å². The van der Waals surface area contributed by atoms with Gasteiger partial charge in [0.05, 0.1) is 6.54 Å². The molecule has 60 valence electrons. The molecule has 0 aromatic heterocycles. The maximum absolute atomic E-state index is 10.7. The van der Waals surface area contributed by atoms with Crippen LogP contribution in [-0.2, 0) is 4.79 Å². The molecule has 0 aliphatic heterocycles. The Morgan fingerprint density at radius 2 is 2.00 bits per heavy atom. The van der Waals surface area contributed by atoms with E-state index >= 15 is 0 Å². The minimum absolute atomic E-state index is 0.0173. The number of amides is 1. The molecule has 0 rings (SSSR count). The zero-order valence-corrected chi connectivity index (χ0v) is 6.48. The van der Waals surface area contributed by atoms with Crippen LogP contribution in [0.25, 0.3) is 0 Å². The maximum Gasteiger partial charge on any atom is 0.234 e. The number of hydrogen-bond acceptors (Lipinski definition) is 3. The first-order valence-electron chi connectivity index (χ1n) is 3.23. The van der Waals surface area contributed by atoms with Gasteiger partial charge < -0.3 is 16.8 Å². The molecule has 5 N–H and O–H groups in total. The third-order valence-corrected chi connectivity index (χ3v) is 1.17. The van der Waals surface area contributed by atoms with Crippen LogP contribution in [0.2, 0.25) is 0 Å². The van der Waals surface area contributed by atoms with E-state index in [9.17, 15) is 4.79 Å². The fourth-order valence-corrected chi connectivity index (χ4v) is 0.479. The second-order valence-corrected chi connectivity index (χ2v) is 2.84. The minimum Gasteiger partial charge on any atom is -0.349 e. The van der Waals surface area contributed by atoms with Gasteiger partial charge in [0.2, 0.25) is 5.91 Å². The highest BCUT2D eigenvalue weighted by Gasteiger charge is 2.16. The minimum atomic E-state index is -0.337. The Morgan fingerprint density at radius 1 is 1.50 bits per heavy atom. The van der Waals surface area contributed by atoms with Crippen LogP contribution in [-0.4, -0.2) is 24.5 Å². The van der Waals surface area contributed by atoms with Crippen LogP contribution in [0.1, 0.15) is 13.8 Å². The van der Waals surface area contributed by atoms with Crippen LogP contribution < -0.4 is 16.8 Å². The van der Waals surface area contributed by atoms with Gasteiger partial charge in [-0.05, 0) is 13.8 Å². The van der Waals surface area contributed by atoms with Gasteiger partial charge in [-0.15, -0.1) is 0 Å². The van der Waals surface area contributed by atoms with Crippen molar-refractivity contribution in [2.45, 2.75) is 19.4 Å². The molecule has 1 amide bonds. The lowest BCUT2D eigenvalue weighted by atomic mass is 10.1. The number of carbonyl (C=O) groups excluding carboxylic acids is 1. The standard InChI is InChI=1S/C6H15N3O/c1-6(2,4-8)9-5(10)3-7/h3-4,7-8H2,1-2H3,(H,9,10). The summed E-state index contributed by atoms with van der Waals surface area (Å²) in [5, 5.41) is 2.67. The number of nitrogens with one attached hydrogen (secondary N) is 1. The van der Waals surface area contributed by atoms with Gasteiger partial charge in [-0.1, -0.05) is 0 Å². The van der Waals surface area contributed by atoms with Gasteiger partial charge in [-0.2, -0.15) is 0 Å². The molecule has 0 aromatic rings. The van der Waals surface area contributed by atoms with E-state index < -0.39 is 0 Å². The van der Waals surface area contributed by atoms with Gasteiger partial charge in [-0.25, -0.2) is 0 Å². The molecule has 0 radical (unpaired) electrons. The van der Waals surface area contributed by atoms with Gasteiger partial charge >= 0.3 is 0 Å². The average Bonchev–Trinajstić information content (AvgIpc) is 1.87. The molecule has 10 heavy (non-hydrogen) atoms. The van der Waals surface area contributed by atoms with Crippen LogP contribution in [0.3, 0.4) is 0 Å². The zero-order valence-electron chi connectivity index (χ0n) is 6.48. The molecule has 0 aromatic carbocycles. The molecule has 0 bridgehead atoms. The fourth-order valence-electron chi connectivity index (χ4n) is 0.479. The van der Waals surface area contributed by atoms with Crippen LogP contribution in [0.5, 0.6) is 0 Å². The van der Waals surface area contributed by atoms with Crippen molar-refractivity contribution in [3.63, 3.8) is 0 Å². The summed E-state index contributed by atoms with van der Waals surface area (Å²) in [6.07, 6.45) is 0. The van der Waals surface area contributed by atoms with Crippen LogP contribution in [0.4, 0.5) is 0 Å². The molecule has 0 fully saturated rings. The van der Waals surface area contributed by atoms with Crippen molar-refractivity contribution in [2.24, 2.45) is 11.5 Å². The van der Waals surface area contributed by atoms with Crippen molar-refractivity contribution in [1.82, 2.24) is 5.32 Å². The number of nitrogens with two attached hydrogens (primary N) is 2. The van der Waals surface area contributed by atoms with E-state index in [1.165, 1.54) is 0 Å². The van der Waals surface area contributed by atoms with Gasteiger partial charge in [0, 0.05) is 12.1 Å². The predicted molar refractivity (Wildman–Crippen MR) is 40.3 cm³/mol. The van der Waals surface area contributed by atoms with Crippen molar-refractivity contribution in [3.8, 4) is 0 Å². The first kappa shape index (κ1) is 9.39. The lowest BCUT2D eigenvalue weighted by Gasteiger charge is -2.23. The smallest absolute Gasteiger partial charge is 0.234 e. The number of rotatable bonds is 3. The highest BCUT2D eigenvalue weighted by atomic mass is 16.1. The van der Waals surface area contributed by atoms with E-state index in [-0.39, 0.29) is 18.0 Å². The molecule has 0 saturated heterocycles. The highest BCUT2D eigenvalue weighted by Crippen LogP contribution is 1.96. The van der Waals surface area contributed by atoms with Crippen molar-refractivity contribution in [1.29, 1.82) is 0 Å². The molecule has 0 aliphatic carbocycles. The van der Waals surface area contributed by atoms with E-state index in [4.69, 9.17) is 11.5 Å². The summed E-state index contributed by atoms with van der Waals surface area (Å²) in [5.41, 5.74) is 10.1. The number of carbonyl (C=O) groups is 1. The van der Waals surface area contributed by atoms with Gasteiger partial charge in [0.25, 0.3) is 0 Å². The van der Waals surface area contributed by atoms with Gasteiger partial charge in [0.15, 0.2) is 0 Å². The molecule has 0 aliphatic rings. The average molecular weight is 145 g/mol. The summed E-state index contributed by atoms with van der Waals surface area (Å²) in [6, 6.07) is 0. The zero-order chi connectivity index (χ0) is 8.20.